The van der Waals surface area contributed by atoms with Crippen molar-refractivity contribution in [2.75, 3.05) is 32.9 Å². The van der Waals surface area contributed by atoms with Crippen LogP contribution in [0.3, 0.4) is 0 Å². The summed E-state index contributed by atoms with van der Waals surface area (Å²) < 4.78 is 16.5. The van der Waals surface area contributed by atoms with Crippen molar-refractivity contribution in [3.63, 3.8) is 0 Å². The first-order chi connectivity index (χ1) is 12.8. The van der Waals surface area contributed by atoms with Crippen molar-refractivity contribution in [2.24, 2.45) is 4.99 Å². The fourth-order valence-corrected chi connectivity index (χ4v) is 2.97. The van der Waals surface area contributed by atoms with Crippen molar-refractivity contribution >= 4 is 5.96 Å². The highest BCUT2D eigenvalue weighted by atomic mass is 16.5. The summed E-state index contributed by atoms with van der Waals surface area (Å²) in [6.07, 6.45) is 4.36. The molecule has 0 aromatic carbocycles. The Morgan fingerprint density at radius 3 is 2.88 bits per heavy atom. The minimum absolute atomic E-state index is 0.271. The van der Waals surface area contributed by atoms with Gasteiger partial charge in [0.05, 0.1) is 18.4 Å². The molecular weight excluding hydrogens is 332 g/mol. The van der Waals surface area contributed by atoms with Crippen molar-refractivity contribution in [1.29, 1.82) is 0 Å². The summed E-state index contributed by atoms with van der Waals surface area (Å²) in [6, 6.07) is 2.03. The summed E-state index contributed by atoms with van der Waals surface area (Å²) in [7, 11) is 0. The van der Waals surface area contributed by atoms with E-state index in [0.29, 0.717) is 12.5 Å². The fraction of sp³-hybridized carbons (Fsp3) is 0.789. The van der Waals surface area contributed by atoms with E-state index >= 15 is 0 Å². The minimum Gasteiger partial charge on any atom is -0.379 e. The van der Waals surface area contributed by atoms with Gasteiger partial charge in [0.25, 0.3) is 0 Å². The molecule has 0 aliphatic carbocycles. The van der Waals surface area contributed by atoms with Gasteiger partial charge in [-0.2, -0.15) is 0 Å². The van der Waals surface area contributed by atoms with Crippen molar-refractivity contribution in [2.45, 2.75) is 65.0 Å². The zero-order chi connectivity index (χ0) is 18.6. The smallest absolute Gasteiger partial charge is 0.191 e. The summed E-state index contributed by atoms with van der Waals surface area (Å²) in [6.45, 7) is 10.8. The Labute approximate surface area is 156 Å². The zero-order valence-corrected chi connectivity index (χ0v) is 16.4. The number of hydrogen-bond donors (Lipinski definition) is 2. The SMILES string of the molecule is CCNC(=NCc1cc(C(CC)CC)no1)NCCCOC1CCOC1. The van der Waals surface area contributed by atoms with Gasteiger partial charge in [0.15, 0.2) is 11.7 Å². The number of aliphatic imine (C=N–C) groups is 1. The van der Waals surface area contributed by atoms with E-state index < -0.39 is 0 Å². The van der Waals surface area contributed by atoms with E-state index in [1.54, 1.807) is 0 Å². The predicted octanol–water partition coefficient (Wildman–Crippen LogP) is 2.83. The van der Waals surface area contributed by atoms with Gasteiger partial charge in [-0.3, -0.25) is 0 Å². The standard InChI is InChI=1S/C19H34N4O3/c1-4-15(5-2)18-12-17(26-23-18)13-22-19(20-6-3)21-9-7-10-25-16-8-11-24-14-16/h12,15-16H,4-11,13-14H2,1-3H3,(H2,20,21,22). The Bertz CT molecular complexity index is 523. The predicted molar refractivity (Wildman–Crippen MR) is 102 cm³/mol. The lowest BCUT2D eigenvalue weighted by Gasteiger charge is -2.12. The highest BCUT2D eigenvalue weighted by molar-refractivity contribution is 5.79. The van der Waals surface area contributed by atoms with E-state index in [-0.39, 0.29) is 6.10 Å². The van der Waals surface area contributed by atoms with Crippen LogP contribution in [0.15, 0.2) is 15.6 Å². The minimum atomic E-state index is 0.271. The van der Waals surface area contributed by atoms with E-state index in [4.69, 9.17) is 14.0 Å². The number of nitrogens with one attached hydrogen (secondary N) is 2. The molecule has 1 aromatic rings. The molecule has 1 aliphatic rings. The third-order valence-electron chi connectivity index (χ3n) is 4.57. The molecule has 1 atom stereocenters. The molecule has 148 valence electrons. The van der Waals surface area contributed by atoms with Crippen LogP contribution < -0.4 is 10.6 Å². The quantitative estimate of drug-likeness (QED) is 0.356. The van der Waals surface area contributed by atoms with Crippen molar-refractivity contribution < 1.29 is 14.0 Å². The van der Waals surface area contributed by atoms with Gasteiger partial charge in [0.1, 0.15) is 6.54 Å². The molecular formula is C19H34N4O3. The number of aromatic nitrogens is 1. The maximum atomic E-state index is 5.77. The molecule has 2 N–H and O–H groups in total. The molecule has 7 nitrogen and oxygen atoms in total. The Balaban J connectivity index is 1.73. The number of ether oxygens (including phenoxy) is 2. The summed E-state index contributed by atoms with van der Waals surface area (Å²) in [5.74, 6) is 2.05. The van der Waals surface area contributed by atoms with Crippen LogP contribution in [0.25, 0.3) is 0 Å². The molecule has 7 heteroatoms. The Hall–Kier alpha value is -1.60. The number of rotatable bonds is 11. The molecule has 0 spiro atoms. The second kappa shape index (κ2) is 11.9. The van der Waals surface area contributed by atoms with Gasteiger partial charge in [-0.05, 0) is 32.6 Å². The largest absolute Gasteiger partial charge is 0.379 e. The fourth-order valence-electron chi connectivity index (χ4n) is 2.97. The maximum Gasteiger partial charge on any atom is 0.191 e. The molecule has 1 fully saturated rings. The Kier molecular flexibility index (Phi) is 9.48. The van der Waals surface area contributed by atoms with Gasteiger partial charge < -0.3 is 24.6 Å². The molecule has 2 rings (SSSR count). The summed E-state index contributed by atoms with van der Waals surface area (Å²) in [5, 5.41) is 10.8. The van der Waals surface area contributed by atoms with Crippen molar-refractivity contribution in [3.8, 4) is 0 Å². The molecule has 0 amide bonds. The van der Waals surface area contributed by atoms with Gasteiger partial charge in [-0.15, -0.1) is 0 Å². The molecule has 2 heterocycles. The molecule has 1 aliphatic heterocycles. The molecule has 0 saturated carbocycles. The summed E-state index contributed by atoms with van der Waals surface area (Å²) in [4.78, 5) is 4.58. The van der Waals surface area contributed by atoms with Crippen LogP contribution in [0.5, 0.6) is 0 Å². The van der Waals surface area contributed by atoms with Crippen LogP contribution in [-0.2, 0) is 16.0 Å². The lowest BCUT2D eigenvalue weighted by molar-refractivity contribution is 0.0420. The number of nitrogens with zero attached hydrogens (tertiary/aromatic N) is 2. The van der Waals surface area contributed by atoms with Gasteiger partial charge in [-0.25, -0.2) is 4.99 Å². The van der Waals surface area contributed by atoms with Crippen LogP contribution >= 0.6 is 0 Å². The topological polar surface area (TPSA) is 80.9 Å². The van der Waals surface area contributed by atoms with E-state index in [1.807, 2.05) is 6.07 Å². The second-order valence-electron chi connectivity index (χ2n) is 6.56. The summed E-state index contributed by atoms with van der Waals surface area (Å²) >= 11 is 0. The third kappa shape index (κ3) is 6.96. The zero-order valence-electron chi connectivity index (χ0n) is 16.4. The lowest BCUT2D eigenvalue weighted by atomic mass is 9.99. The maximum absolute atomic E-state index is 5.77. The summed E-state index contributed by atoms with van der Waals surface area (Å²) in [5.41, 5.74) is 1.03. The number of hydrogen-bond acceptors (Lipinski definition) is 5. The third-order valence-corrected chi connectivity index (χ3v) is 4.57. The van der Waals surface area contributed by atoms with E-state index in [2.05, 4.69) is 41.6 Å². The van der Waals surface area contributed by atoms with Crippen molar-refractivity contribution in [1.82, 2.24) is 15.8 Å². The van der Waals surface area contributed by atoms with Crippen LogP contribution in [0.2, 0.25) is 0 Å². The molecule has 1 saturated heterocycles. The van der Waals surface area contributed by atoms with E-state index in [0.717, 1.165) is 76.0 Å². The van der Waals surface area contributed by atoms with Gasteiger partial charge >= 0.3 is 0 Å². The normalized spacial score (nSPS) is 17.8. The van der Waals surface area contributed by atoms with Gasteiger partial charge in [0, 0.05) is 38.3 Å². The Morgan fingerprint density at radius 2 is 2.19 bits per heavy atom. The highest BCUT2D eigenvalue weighted by Crippen LogP contribution is 2.22. The molecule has 26 heavy (non-hydrogen) atoms. The average molecular weight is 367 g/mol. The first-order valence-corrected chi connectivity index (χ1v) is 9.93. The van der Waals surface area contributed by atoms with Gasteiger partial charge in [-0.1, -0.05) is 19.0 Å². The molecule has 0 radical (unpaired) electrons. The van der Waals surface area contributed by atoms with Crippen molar-refractivity contribution in [3.05, 3.63) is 17.5 Å². The second-order valence-corrected chi connectivity index (χ2v) is 6.56. The van der Waals surface area contributed by atoms with E-state index in [1.165, 1.54) is 0 Å². The van der Waals surface area contributed by atoms with Crippen LogP contribution in [0.4, 0.5) is 0 Å². The molecule has 1 aromatic heterocycles. The first-order valence-electron chi connectivity index (χ1n) is 9.93. The first kappa shape index (κ1) is 20.7. The van der Waals surface area contributed by atoms with Crippen LogP contribution in [0, 0.1) is 0 Å². The van der Waals surface area contributed by atoms with Crippen LogP contribution in [-0.4, -0.2) is 50.1 Å². The number of guanidine groups is 1. The monoisotopic (exact) mass is 366 g/mol. The van der Waals surface area contributed by atoms with Crippen LogP contribution in [0.1, 0.15) is 63.8 Å². The highest BCUT2D eigenvalue weighted by Gasteiger charge is 2.15. The molecule has 1 unspecified atom stereocenters. The lowest BCUT2D eigenvalue weighted by Crippen LogP contribution is -2.38. The van der Waals surface area contributed by atoms with Gasteiger partial charge in [0.2, 0.25) is 0 Å². The molecule has 0 bridgehead atoms. The Morgan fingerprint density at radius 1 is 1.35 bits per heavy atom. The van der Waals surface area contributed by atoms with E-state index in [9.17, 15) is 0 Å². The average Bonchev–Trinajstić information content (AvgIpc) is 3.32.